The summed E-state index contributed by atoms with van der Waals surface area (Å²) in [5.74, 6) is -1.47. The van der Waals surface area contributed by atoms with Crippen molar-refractivity contribution in [3.05, 3.63) is 23.2 Å². The first-order valence-electron chi connectivity index (χ1n) is 4.79. The van der Waals surface area contributed by atoms with E-state index in [0.717, 1.165) is 0 Å². The van der Waals surface area contributed by atoms with Crippen LogP contribution < -0.4 is 0 Å². The van der Waals surface area contributed by atoms with E-state index in [2.05, 4.69) is 0 Å². The Morgan fingerprint density at radius 2 is 2.19 bits per heavy atom. The third-order valence-corrected chi connectivity index (χ3v) is 2.81. The van der Waals surface area contributed by atoms with E-state index in [1.165, 1.54) is 0 Å². The number of fused-ring (bicyclic) bond motifs is 1. The van der Waals surface area contributed by atoms with Crippen LogP contribution in [0.5, 0.6) is 0 Å². The zero-order valence-corrected chi connectivity index (χ0v) is 8.17. The van der Waals surface area contributed by atoms with Crippen molar-refractivity contribution in [2.45, 2.75) is 25.4 Å². The van der Waals surface area contributed by atoms with Crippen LogP contribution in [-0.4, -0.2) is 11.1 Å². The normalized spacial score (nSPS) is 20.6. The first-order valence-corrected chi connectivity index (χ1v) is 4.79. The third-order valence-electron chi connectivity index (χ3n) is 2.81. The second-order valence-corrected chi connectivity index (χ2v) is 3.83. The monoisotopic (exact) mass is 234 g/mol. The van der Waals surface area contributed by atoms with Gasteiger partial charge >= 0.3 is 12.1 Å². The molecule has 0 fully saturated rings. The van der Waals surface area contributed by atoms with Gasteiger partial charge in [0.1, 0.15) is 12.0 Å². The summed E-state index contributed by atoms with van der Waals surface area (Å²) in [6, 6.07) is 0. The van der Waals surface area contributed by atoms with Gasteiger partial charge in [0.25, 0.3) is 0 Å². The van der Waals surface area contributed by atoms with Crippen molar-refractivity contribution >= 4 is 5.97 Å². The van der Waals surface area contributed by atoms with Crippen LogP contribution in [0.1, 0.15) is 23.3 Å². The van der Waals surface area contributed by atoms with E-state index in [-0.39, 0.29) is 30.6 Å². The van der Waals surface area contributed by atoms with Crippen LogP contribution in [0.2, 0.25) is 0 Å². The number of halogens is 3. The van der Waals surface area contributed by atoms with Gasteiger partial charge in [0.2, 0.25) is 0 Å². The largest absolute Gasteiger partial charge is 0.481 e. The lowest BCUT2D eigenvalue weighted by atomic mass is 9.87. The molecule has 6 heteroatoms. The predicted molar refractivity (Wildman–Crippen MR) is 46.9 cm³/mol. The molecule has 1 aromatic heterocycles. The molecular weight excluding hydrogens is 225 g/mol. The lowest BCUT2D eigenvalue weighted by Crippen LogP contribution is -2.22. The van der Waals surface area contributed by atoms with Gasteiger partial charge in [-0.05, 0) is 12.8 Å². The van der Waals surface area contributed by atoms with E-state index in [9.17, 15) is 18.0 Å². The fourth-order valence-corrected chi connectivity index (χ4v) is 1.96. The van der Waals surface area contributed by atoms with Gasteiger partial charge in [0, 0.05) is 12.0 Å². The van der Waals surface area contributed by atoms with E-state index in [0.29, 0.717) is 6.26 Å². The average Bonchev–Trinajstić information content (AvgIpc) is 2.58. The van der Waals surface area contributed by atoms with Crippen LogP contribution in [0.4, 0.5) is 13.2 Å². The molecule has 1 atom stereocenters. The van der Waals surface area contributed by atoms with E-state index >= 15 is 0 Å². The lowest BCUT2D eigenvalue weighted by molar-refractivity contribution is -0.142. The fourth-order valence-electron chi connectivity index (χ4n) is 1.96. The first kappa shape index (κ1) is 11.0. The minimum absolute atomic E-state index is 0.0424. The van der Waals surface area contributed by atoms with Gasteiger partial charge in [-0.15, -0.1) is 0 Å². The molecular formula is C10H9F3O3. The number of carbonyl (C=O) groups is 1. The summed E-state index contributed by atoms with van der Waals surface area (Å²) in [6.07, 6.45) is -3.37. The molecule has 0 spiro atoms. The van der Waals surface area contributed by atoms with Gasteiger partial charge in [-0.2, -0.15) is 13.2 Å². The smallest absolute Gasteiger partial charge is 0.419 e. The predicted octanol–water partition coefficient (Wildman–Crippen LogP) is 2.49. The third kappa shape index (κ3) is 1.79. The molecule has 3 nitrogen and oxygen atoms in total. The molecule has 1 unspecified atom stereocenters. The molecule has 0 saturated heterocycles. The summed E-state index contributed by atoms with van der Waals surface area (Å²) in [7, 11) is 0. The maximum absolute atomic E-state index is 12.5. The van der Waals surface area contributed by atoms with E-state index < -0.39 is 23.6 Å². The first-order chi connectivity index (χ1) is 7.39. The second kappa shape index (κ2) is 3.54. The summed E-state index contributed by atoms with van der Waals surface area (Å²) >= 11 is 0. The summed E-state index contributed by atoms with van der Waals surface area (Å²) in [6.45, 7) is 0. The number of alkyl halides is 3. The Kier molecular flexibility index (Phi) is 2.44. The standard InChI is InChI=1S/C10H9F3O3/c11-10(12,13)7-4-16-8-3-5(9(14)15)1-2-6(7)8/h4-5H,1-3H2,(H,14,15). The van der Waals surface area contributed by atoms with Crippen LogP contribution in [0.25, 0.3) is 0 Å². The minimum atomic E-state index is -4.42. The zero-order chi connectivity index (χ0) is 11.9. The van der Waals surface area contributed by atoms with Crippen molar-refractivity contribution in [3.8, 4) is 0 Å². The molecule has 1 heterocycles. The van der Waals surface area contributed by atoms with Gasteiger partial charge in [-0.3, -0.25) is 4.79 Å². The molecule has 16 heavy (non-hydrogen) atoms. The van der Waals surface area contributed by atoms with Gasteiger partial charge in [0.05, 0.1) is 11.5 Å². The number of rotatable bonds is 1. The molecule has 2 rings (SSSR count). The van der Waals surface area contributed by atoms with Crippen molar-refractivity contribution in [2.24, 2.45) is 5.92 Å². The van der Waals surface area contributed by atoms with E-state index in [1.807, 2.05) is 0 Å². The zero-order valence-electron chi connectivity index (χ0n) is 8.17. The molecule has 0 aromatic carbocycles. The summed E-state index contributed by atoms with van der Waals surface area (Å²) in [5, 5.41) is 8.77. The Bertz CT molecular complexity index is 419. The van der Waals surface area contributed by atoms with Crippen LogP contribution in [0.3, 0.4) is 0 Å². The molecule has 0 radical (unpaired) electrons. The molecule has 1 N–H and O–H groups in total. The van der Waals surface area contributed by atoms with Crippen LogP contribution in [0, 0.1) is 5.92 Å². The second-order valence-electron chi connectivity index (χ2n) is 3.83. The average molecular weight is 234 g/mol. The van der Waals surface area contributed by atoms with E-state index in [4.69, 9.17) is 9.52 Å². The molecule has 0 amide bonds. The van der Waals surface area contributed by atoms with Gasteiger partial charge < -0.3 is 9.52 Å². The Labute approximate surface area is 88.9 Å². The number of aliphatic carboxylic acids is 1. The maximum Gasteiger partial charge on any atom is 0.419 e. The molecule has 0 aliphatic heterocycles. The number of carboxylic acids is 1. The number of furan rings is 1. The van der Waals surface area contributed by atoms with Crippen molar-refractivity contribution < 1.29 is 27.5 Å². The highest BCUT2D eigenvalue weighted by Crippen LogP contribution is 2.38. The highest BCUT2D eigenvalue weighted by atomic mass is 19.4. The Hall–Kier alpha value is -1.46. The topological polar surface area (TPSA) is 50.4 Å². The molecule has 1 aliphatic rings. The quantitative estimate of drug-likeness (QED) is 0.812. The molecule has 1 aromatic rings. The number of hydrogen-bond donors (Lipinski definition) is 1. The van der Waals surface area contributed by atoms with Crippen molar-refractivity contribution in [1.29, 1.82) is 0 Å². The highest BCUT2D eigenvalue weighted by Gasteiger charge is 2.39. The summed E-state index contributed by atoms with van der Waals surface area (Å²) in [4.78, 5) is 10.7. The van der Waals surface area contributed by atoms with Crippen molar-refractivity contribution in [3.63, 3.8) is 0 Å². The molecule has 88 valence electrons. The molecule has 1 aliphatic carbocycles. The van der Waals surface area contributed by atoms with Crippen molar-refractivity contribution in [1.82, 2.24) is 0 Å². The Morgan fingerprint density at radius 1 is 1.50 bits per heavy atom. The van der Waals surface area contributed by atoms with Gasteiger partial charge in [0.15, 0.2) is 0 Å². The van der Waals surface area contributed by atoms with Crippen LogP contribution >= 0.6 is 0 Å². The Morgan fingerprint density at radius 3 is 2.75 bits per heavy atom. The Balaban J connectivity index is 2.31. The van der Waals surface area contributed by atoms with Crippen molar-refractivity contribution in [2.75, 3.05) is 0 Å². The summed E-state index contributed by atoms with van der Waals surface area (Å²) < 4.78 is 42.3. The lowest BCUT2D eigenvalue weighted by Gasteiger charge is -2.18. The highest BCUT2D eigenvalue weighted by molar-refractivity contribution is 5.70. The van der Waals surface area contributed by atoms with E-state index in [1.54, 1.807) is 0 Å². The molecule has 0 bridgehead atoms. The van der Waals surface area contributed by atoms with Gasteiger partial charge in [-0.25, -0.2) is 0 Å². The SMILES string of the molecule is O=C(O)C1CCc2c(C(F)(F)F)coc2C1. The summed E-state index contributed by atoms with van der Waals surface area (Å²) in [5.41, 5.74) is -0.656. The molecule has 0 saturated carbocycles. The number of hydrogen-bond acceptors (Lipinski definition) is 2. The maximum atomic E-state index is 12.5. The van der Waals surface area contributed by atoms with Crippen LogP contribution in [0.15, 0.2) is 10.7 Å². The van der Waals surface area contributed by atoms with Gasteiger partial charge in [-0.1, -0.05) is 0 Å². The minimum Gasteiger partial charge on any atom is -0.481 e. The number of carboxylic acid groups (broad SMARTS) is 1. The fraction of sp³-hybridized carbons (Fsp3) is 0.500. The van der Waals surface area contributed by atoms with Crippen LogP contribution in [-0.2, 0) is 23.8 Å².